The van der Waals surface area contributed by atoms with Gasteiger partial charge >= 0.3 is 0 Å². The molecule has 0 amide bonds. The Labute approximate surface area is 116 Å². The Morgan fingerprint density at radius 1 is 1.26 bits per heavy atom. The van der Waals surface area contributed by atoms with Crippen LogP contribution in [-0.2, 0) is 0 Å². The molecule has 2 heterocycles. The normalized spacial score (nSPS) is 10.6. The van der Waals surface area contributed by atoms with E-state index < -0.39 is 0 Å². The van der Waals surface area contributed by atoms with Crippen molar-refractivity contribution >= 4 is 21.6 Å². The molecule has 0 bridgehead atoms. The number of hydrogen-bond donors (Lipinski definition) is 0. The molecular weight excluding hydrogens is 311 g/mol. The molecule has 19 heavy (non-hydrogen) atoms. The van der Waals surface area contributed by atoms with E-state index in [2.05, 4.69) is 26.0 Å². The van der Waals surface area contributed by atoms with Crippen LogP contribution in [0.5, 0.6) is 0 Å². The van der Waals surface area contributed by atoms with Crippen LogP contribution in [0.2, 0.25) is 0 Å². The first-order chi connectivity index (χ1) is 9.17. The van der Waals surface area contributed by atoms with Crippen LogP contribution >= 0.6 is 15.9 Å². The Bertz CT molecular complexity index is 819. The van der Waals surface area contributed by atoms with Crippen LogP contribution in [0.3, 0.4) is 0 Å². The quantitative estimate of drug-likeness (QED) is 0.693. The Morgan fingerprint density at radius 2 is 2.11 bits per heavy atom. The van der Waals surface area contributed by atoms with E-state index >= 15 is 0 Å². The van der Waals surface area contributed by atoms with Gasteiger partial charge in [0.1, 0.15) is 5.82 Å². The first kappa shape index (κ1) is 11.8. The van der Waals surface area contributed by atoms with Crippen LogP contribution in [0.25, 0.3) is 17.0 Å². The van der Waals surface area contributed by atoms with Crippen molar-refractivity contribution in [2.45, 2.75) is 0 Å². The lowest BCUT2D eigenvalue weighted by Crippen LogP contribution is -1.89. The van der Waals surface area contributed by atoms with Gasteiger partial charge in [0.2, 0.25) is 0 Å². The zero-order valence-electron chi connectivity index (χ0n) is 9.51. The first-order valence-electron chi connectivity index (χ1n) is 5.39. The fourth-order valence-corrected chi connectivity index (χ4v) is 2.10. The lowest BCUT2D eigenvalue weighted by Gasteiger charge is -1.98. The van der Waals surface area contributed by atoms with Crippen molar-refractivity contribution in [3.05, 3.63) is 52.4 Å². The van der Waals surface area contributed by atoms with Crippen molar-refractivity contribution in [3.8, 4) is 17.5 Å². The lowest BCUT2D eigenvalue weighted by atomic mass is 10.2. The van der Waals surface area contributed by atoms with Crippen LogP contribution in [0, 0.1) is 17.1 Å². The Balaban J connectivity index is 2.21. The summed E-state index contributed by atoms with van der Waals surface area (Å²) >= 11 is 3.29. The molecule has 0 unspecified atom stereocenters. The number of nitrogens with zero attached hydrogens (tertiary/aromatic N) is 4. The molecule has 3 rings (SSSR count). The van der Waals surface area contributed by atoms with Crippen molar-refractivity contribution < 1.29 is 4.39 Å². The molecule has 0 saturated carbocycles. The second-order valence-corrected chi connectivity index (χ2v) is 4.81. The van der Waals surface area contributed by atoms with Gasteiger partial charge in [0, 0.05) is 16.7 Å². The van der Waals surface area contributed by atoms with E-state index in [0.29, 0.717) is 16.8 Å². The molecule has 0 aliphatic carbocycles. The smallest absolute Gasteiger partial charge is 0.185 e. The summed E-state index contributed by atoms with van der Waals surface area (Å²) in [5.41, 5.74) is 1.31. The summed E-state index contributed by atoms with van der Waals surface area (Å²) in [6.07, 6.45) is 1.63. The van der Waals surface area contributed by atoms with Crippen LogP contribution in [0.1, 0.15) is 5.56 Å². The van der Waals surface area contributed by atoms with E-state index in [-0.39, 0.29) is 11.6 Å². The number of benzene rings is 1. The van der Waals surface area contributed by atoms with Crippen LogP contribution < -0.4 is 0 Å². The number of aromatic nitrogens is 3. The highest BCUT2D eigenvalue weighted by molar-refractivity contribution is 9.10. The minimum absolute atomic E-state index is 0.286. The van der Waals surface area contributed by atoms with Gasteiger partial charge in [-0.05, 0) is 24.3 Å². The van der Waals surface area contributed by atoms with Crippen molar-refractivity contribution in [1.82, 2.24) is 14.6 Å². The molecule has 0 aliphatic heterocycles. The van der Waals surface area contributed by atoms with Gasteiger partial charge in [-0.15, -0.1) is 5.10 Å². The Hall–Kier alpha value is -2.26. The van der Waals surface area contributed by atoms with Crippen LogP contribution in [-0.4, -0.2) is 14.6 Å². The van der Waals surface area contributed by atoms with Gasteiger partial charge in [0.05, 0.1) is 17.2 Å². The van der Waals surface area contributed by atoms with Crippen LogP contribution in [0.15, 0.2) is 41.0 Å². The molecule has 0 aliphatic rings. The van der Waals surface area contributed by atoms with Gasteiger partial charge in [0.25, 0.3) is 0 Å². The third kappa shape index (κ3) is 2.09. The molecule has 1 aromatic carbocycles. The summed E-state index contributed by atoms with van der Waals surface area (Å²) in [7, 11) is 0. The lowest BCUT2D eigenvalue weighted by molar-refractivity contribution is 0.629. The number of fused-ring (bicyclic) bond motifs is 1. The highest BCUT2D eigenvalue weighted by atomic mass is 79.9. The van der Waals surface area contributed by atoms with E-state index in [1.807, 2.05) is 6.07 Å². The van der Waals surface area contributed by atoms with E-state index in [0.717, 1.165) is 4.47 Å². The highest BCUT2D eigenvalue weighted by Crippen LogP contribution is 2.24. The third-order valence-electron chi connectivity index (χ3n) is 2.64. The largest absolute Gasteiger partial charge is 0.220 e. The van der Waals surface area contributed by atoms with Crippen LogP contribution in [0.4, 0.5) is 4.39 Å². The zero-order chi connectivity index (χ0) is 13.4. The number of halogens is 2. The van der Waals surface area contributed by atoms with Gasteiger partial charge in [-0.1, -0.05) is 15.9 Å². The number of pyridine rings is 1. The molecule has 6 heteroatoms. The van der Waals surface area contributed by atoms with Gasteiger partial charge < -0.3 is 0 Å². The molecule has 0 N–H and O–H groups in total. The molecule has 0 atom stereocenters. The standard InChI is InChI=1S/C13H6BrFN4/c14-9-1-2-11(15)10(6-9)13-17-12-5-8(7-16)3-4-19(12)18-13/h1-6H. The van der Waals surface area contributed by atoms with E-state index in [1.165, 1.54) is 10.6 Å². The minimum atomic E-state index is -0.389. The average Bonchev–Trinajstić information content (AvgIpc) is 2.83. The predicted molar refractivity (Wildman–Crippen MR) is 70.8 cm³/mol. The fraction of sp³-hybridized carbons (Fsp3) is 0. The highest BCUT2D eigenvalue weighted by Gasteiger charge is 2.12. The summed E-state index contributed by atoms with van der Waals surface area (Å²) < 4.78 is 16.0. The maximum absolute atomic E-state index is 13.8. The van der Waals surface area contributed by atoms with Gasteiger partial charge in [0.15, 0.2) is 11.5 Å². The number of hydrogen-bond acceptors (Lipinski definition) is 3. The second kappa shape index (κ2) is 4.44. The molecule has 3 aromatic rings. The van der Waals surface area contributed by atoms with Crippen molar-refractivity contribution in [3.63, 3.8) is 0 Å². The molecule has 0 spiro atoms. The number of rotatable bonds is 1. The topological polar surface area (TPSA) is 54.0 Å². The second-order valence-electron chi connectivity index (χ2n) is 3.89. The van der Waals surface area contributed by atoms with E-state index in [4.69, 9.17) is 5.26 Å². The molecule has 0 fully saturated rings. The predicted octanol–water partition coefficient (Wildman–Crippen LogP) is 3.17. The third-order valence-corrected chi connectivity index (χ3v) is 3.13. The number of nitriles is 1. The van der Waals surface area contributed by atoms with Gasteiger partial charge in [-0.3, -0.25) is 0 Å². The van der Waals surface area contributed by atoms with Gasteiger partial charge in [-0.2, -0.15) is 5.26 Å². The maximum Gasteiger partial charge on any atom is 0.185 e. The van der Waals surface area contributed by atoms with Crippen molar-refractivity contribution in [2.75, 3.05) is 0 Å². The maximum atomic E-state index is 13.8. The Kier molecular flexibility index (Phi) is 2.76. The zero-order valence-corrected chi connectivity index (χ0v) is 11.1. The summed E-state index contributed by atoms with van der Waals surface area (Å²) in [4.78, 5) is 4.23. The summed E-state index contributed by atoms with van der Waals surface area (Å²) in [5.74, 6) is -0.103. The minimum Gasteiger partial charge on any atom is -0.220 e. The van der Waals surface area contributed by atoms with E-state index in [9.17, 15) is 4.39 Å². The average molecular weight is 317 g/mol. The van der Waals surface area contributed by atoms with E-state index in [1.54, 1.807) is 30.5 Å². The van der Waals surface area contributed by atoms with Crippen molar-refractivity contribution in [2.24, 2.45) is 0 Å². The Morgan fingerprint density at radius 3 is 2.89 bits per heavy atom. The summed E-state index contributed by atoms with van der Waals surface area (Å²) in [6.45, 7) is 0. The fourth-order valence-electron chi connectivity index (χ4n) is 1.73. The molecule has 0 saturated heterocycles. The SMILES string of the molecule is N#Cc1ccn2nc(-c3cc(Br)ccc3F)nc2c1. The summed E-state index contributed by atoms with van der Waals surface area (Å²) in [5, 5.41) is 13.0. The molecule has 2 aromatic heterocycles. The van der Waals surface area contributed by atoms with Crippen molar-refractivity contribution in [1.29, 1.82) is 5.26 Å². The van der Waals surface area contributed by atoms with Gasteiger partial charge in [-0.25, -0.2) is 13.9 Å². The molecular formula is C13H6BrFN4. The summed E-state index contributed by atoms with van der Waals surface area (Å²) in [6, 6.07) is 9.84. The first-order valence-corrected chi connectivity index (χ1v) is 6.18. The molecule has 4 nitrogen and oxygen atoms in total. The monoisotopic (exact) mass is 316 g/mol. The molecule has 92 valence electrons. The molecule has 0 radical (unpaired) electrons.